The average molecular weight is 411 g/mol. The number of benzene rings is 1. The molecule has 0 spiro atoms. The van der Waals surface area contributed by atoms with Crippen LogP contribution in [0.15, 0.2) is 24.3 Å². The number of rotatable bonds is 11. The van der Waals surface area contributed by atoms with Gasteiger partial charge in [0, 0.05) is 0 Å². The standard InChI is InChI=1S/C30H50/c1-4-11-25(3)30(22-8-6-9-23-30)24-10-7-13-27-16-20-29(21-17-27)28-18-14-26(12-5-2)15-19-28/h16-17,20-21,25-26,28H,4-15,18-19,22-24H2,1-3H3. The zero-order valence-electron chi connectivity index (χ0n) is 20.6. The van der Waals surface area contributed by atoms with Gasteiger partial charge in [-0.15, -0.1) is 0 Å². The lowest BCUT2D eigenvalue weighted by molar-refractivity contribution is 0.0845. The normalized spacial score (nSPS) is 25.2. The van der Waals surface area contributed by atoms with Crippen molar-refractivity contribution in [3.63, 3.8) is 0 Å². The second-order valence-corrected chi connectivity index (χ2v) is 11.1. The molecular formula is C30H50. The van der Waals surface area contributed by atoms with Gasteiger partial charge in [-0.25, -0.2) is 0 Å². The minimum atomic E-state index is 0.675. The molecule has 1 aromatic carbocycles. The predicted octanol–water partition coefficient (Wildman–Crippen LogP) is 9.86. The average Bonchev–Trinajstić information content (AvgIpc) is 2.79. The minimum absolute atomic E-state index is 0.675. The lowest BCUT2D eigenvalue weighted by Crippen LogP contribution is -2.31. The summed E-state index contributed by atoms with van der Waals surface area (Å²) in [6.45, 7) is 7.27. The second kappa shape index (κ2) is 12.3. The number of hydrogen-bond acceptors (Lipinski definition) is 0. The van der Waals surface area contributed by atoms with Gasteiger partial charge in [-0.05, 0) is 92.1 Å². The van der Waals surface area contributed by atoms with Gasteiger partial charge >= 0.3 is 0 Å². The van der Waals surface area contributed by atoms with Crippen LogP contribution in [-0.4, -0.2) is 0 Å². The molecule has 1 unspecified atom stereocenters. The molecule has 3 rings (SSSR count). The Balaban J connectivity index is 1.42. The van der Waals surface area contributed by atoms with Crippen molar-refractivity contribution in [2.24, 2.45) is 17.3 Å². The fourth-order valence-corrected chi connectivity index (χ4v) is 6.94. The Bertz CT molecular complexity index is 569. The maximum Gasteiger partial charge on any atom is -0.0162 e. The van der Waals surface area contributed by atoms with Crippen molar-refractivity contribution in [1.29, 1.82) is 0 Å². The predicted molar refractivity (Wildman–Crippen MR) is 133 cm³/mol. The van der Waals surface area contributed by atoms with E-state index < -0.39 is 0 Å². The van der Waals surface area contributed by atoms with Crippen LogP contribution >= 0.6 is 0 Å². The molecule has 170 valence electrons. The van der Waals surface area contributed by atoms with Gasteiger partial charge in [0.05, 0.1) is 0 Å². The summed E-state index contributed by atoms with van der Waals surface area (Å²) in [4.78, 5) is 0. The zero-order valence-corrected chi connectivity index (χ0v) is 20.6. The van der Waals surface area contributed by atoms with Crippen LogP contribution in [0.4, 0.5) is 0 Å². The molecule has 0 heterocycles. The van der Waals surface area contributed by atoms with Gasteiger partial charge in [0.2, 0.25) is 0 Å². The number of hydrogen-bond donors (Lipinski definition) is 0. The molecule has 0 nitrogen and oxygen atoms in total. The molecule has 2 aliphatic rings. The van der Waals surface area contributed by atoms with E-state index in [0.717, 1.165) is 17.8 Å². The van der Waals surface area contributed by atoms with Crippen LogP contribution in [0.1, 0.15) is 141 Å². The molecule has 2 saturated carbocycles. The summed E-state index contributed by atoms with van der Waals surface area (Å²) in [7, 11) is 0. The van der Waals surface area contributed by atoms with Gasteiger partial charge < -0.3 is 0 Å². The molecule has 0 aliphatic heterocycles. The summed E-state index contributed by atoms with van der Waals surface area (Å²) in [5, 5.41) is 0. The Morgan fingerprint density at radius 2 is 1.57 bits per heavy atom. The van der Waals surface area contributed by atoms with Gasteiger partial charge in [0.15, 0.2) is 0 Å². The van der Waals surface area contributed by atoms with Crippen molar-refractivity contribution in [3.05, 3.63) is 35.4 Å². The minimum Gasteiger partial charge on any atom is -0.0654 e. The summed E-state index contributed by atoms with van der Waals surface area (Å²) in [6.07, 6.45) is 24.4. The zero-order chi connectivity index (χ0) is 21.2. The first kappa shape index (κ1) is 23.9. The maximum atomic E-state index is 2.56. The molecule has 0 N–H and O–H groups in total. The molecule has 30 heavy (non-hydrogen) atoms. The number of aryl methyl sites for hydroxylation is 1. The molecule has 0 radical (unpaired) electrons. The highest BCUT2D eigenvalue weighted by Gasteiger charge is 2.36. The van der Waals surface area contributed by atoms with Crippen LogP contribution in [0.3, 0.4) is 0 Å². The fourth-order valence-electron chi connectivity index (χ4n) is 6.94. The van der Waals surface area contributed by atoms with E-state index in [2.05, 4.69) is 45.0 Å². The first-order valence-electron chi connectivity index (χ1n) is 13.8. The summed E-state index contributed by atoms with van der Waals surface area (Å²) in [5.41, 5.74) is 3.86. The highest BCUT2D eigenvalue weighted by Crippen LogP contribution is 2.48. The molecule has 0 saturated heterocycles. The summed E-state index contributed by atoms with van der Waals surface area (Å²) in [5.74, 6) is 2.77. The molecule has 0 heteroatoms. The van der Waals surface area contributed by atoms with Gasteiger partial charge in [-0.3, -0.25) is 0 Å². The molecule has 2 fully saturated rings. The van der Waals surface area contributed by atoms with Crippen LogP contribution < -0.4 is 0 Å². The smallest absolute Gasteiger partial charge is 0.0162 e. The van der Waals surface area contributed by atoms with Crippen LogP contribution in [0.5, 0.6) is 0 Å². The Kier molecular flexibility index (Phi) is 9.79. The van der Waals surface area contributed by atoms with E-state index >= 15 is 0 Å². The highest BCUT2D eigenvalue weighted by molar-refractivity contribution is 5.26. The third-order valence-corrected chi connectivity index (χ3v) is 9.00. The maximum absolute atomic E-state index is 2.56. The van der Waals surface area contributed by atoms with Gasteiger partial charge in [0.1, 0.15) is 0 Å². The molecule has 1 aromatic rings. The lowest BCUT2D eigenvalue weighted by atomic mass is 9.63. The van der Waals surface area contributed by atoms with E-state index in [4.69, 9.17) is 0 Å². The second-order valence-electron chi connectivity index (χ2n) is 11.1. The van der Waals surface area contributed by atoms with Crippen molar-refractivity contribution >= 4 is 0 Å². The Morgan fingerprint density at radius 3 is 2.20 bits per heavy atom. The quantitative estimate of drug-likeness (QED) is 0.318. The number of unbranched alkanes of at least 4 members (excludes halogenated alkanes) is 1. The van der Waals surface area contributed by atoms with E-state index in [9.17, 15) is 0 Å². The van der Waals surface area contributed by atoms with Crippen LogP contribution in [0.25, 0.3) is 0 Å². The van der Waals surface area contributed by atoms with E-state index in [1.54, 1.807) is 11.1 Å². The van der Waals surface area contributed by atoms with Gasteiger partial charge in [-0.2, -0.15) is 0 Å². The molecule has 0 amide bonds. The third kappa shape index (κ3) is 6.61. The van der Waals surface area contributed by atoms with Crippen molar-refractivity contribution in [2.45, 2.75) is 136 Å². The van der Waals surface area contributed by atoms with Crippen LogP contribution in [-0.2, 0) is 6.42 Å². The van der Waals surface area contributed by atoms with E-state index in [1.807, 2.05) is 0 Å². The van der Waals surface area contributed by atoms with Crippen molar-refractivity contribution in [1.82, 2.24) is 0 Å². The molecule has 1 atom stereocenters. The van der Waals surface area contributed by atoms with Gasteiger partial charge in [0.25, 0.3) is 0 Å². The highest BCUT2D eigenvalue weighted by atomic mass is 14.4. The molecule has 2 aliphatic carbocycles. The fraction of sp³-hybridized carbons (Fsp3) is 0.800. The van der Waals surface area contributed by atoms with Crippen molar-refractivity contribution < 1.29 is 0 Å². The Morgan fingerprint density at radius 1 is 0.867 bits per heavy atom. The molecule has 0 bridgehead atoms. The summed E-state index contributed by atoms with van der Waals surface area (Å²) < 4.78 is 0. The van der Waals surface area contributed by atoms with Crippen molar-refractivity contribution in [3.8, 4) is 0 Å². The monoisotopic (exact) mass is 410 g/mol. The van der Waals surface area contributed by atoms with Gasteiger partial charge in [-0.1, -0.05) is 96.4 Å². The first-order valence-corrected chi connectivity index (χ1v) is 13.8. The SMILES string of the molecule is CCCC1CCC(c2ccc(CCCCC3(C(C)CCC)CCCCC3)cc2)CC1. The largest absolute Gasteiger partial charge is 0.0654 e. The van der Waals surface area contributed by atoms with Crippen LogP contribution in [0.2, 0.25) is 0 Å². The Labute approximate surface area is 188 Å². The first-order chi connectivity index (χ1) is 14.7. The molecule has 0 aromatic heterocycles. The summed E-state index contributed by atoms with van der Waals surface area (Å²) in [6, 6.07) is 9.82. The van der Waals surface area contributed by atoms with E-state index in [0.29, 0.717) is 5.41 Å². The summed E-state index contributed by atoms with van der Waals surface area (Å²) >= 11 is 0. The lowest BCUT2D eigenvalue weighted by Gasteiger charge is -2.43. The molecular weight excluding hydrogens is 360 g/mol. The topological polar surface area (TPSA) is 0 Å². The Hall–Kier alpha value is -0.780. The van der Waals surface area contributed by atoms with Crippen molar-refractivity contribution in [2.75, 3.05) is 0 Å². The van der Waals surface area contributed by atoms with E-state index in [-0.39, 0.29) is 0 Å². The third-order valence-electron chi connectivity index (χ3n) is 9.00. The van der Waals surface area contributed by atoms with Crippen LogP contribution in [0, 0.1) is 17.3 Å². The van der Waals surface area contributed by atoms with E-state index in [1.165, 1.54) is 109 Å².